The van der Waals surface area contributed by atoms with Crippen molar-refractivity contribution in [3.8, 4) is 0 Å². The van der Waals surface area contributed by atoms with Gasteiger partial charge in [0.2, 0.25) is 0 Å². The van der Waals surface area contributed by atoms with Crippen LogP contribution in [0.4, 0.5) is 5.69 Å². The maximum Gasteiger partial charge on any atom is 0.296 e. The summed E-state index contributed by atoms with van der Waals surface area (Å²) in [5, 5.41) is 3.45. The standard InChI is InChI=1S/C20H20Cl2N4O2/c1-2-3-4-5-9-26-12-14(13-7-6-8-24-19(13)26)18(27)20(28)25-17-15(21)10-23-11-16(17)22/h6-8,10-12H,2-5,9H2,1H3,(H,23,25,28). The Morgan fingerprint density at radius 2 is 1.89 bits per heavy atom. The summed E-state index contributed by atoms with van der Waals surface area (Å²) in [6.45, 7) is 2.90. The number of rotatable bonds is 8. The van der Waals surface area contributed by atoms with E-state index in [9.17, 15) is 9.59 Å². The molecule has 1 amide bonds. The highest BCUT2D eigenvalue weighted by atomic mass is 35.5. The zero-order valence-corrected chi connectivity index (χ0v) is 16.9. The molecular formula is C20H20Cl2N4O2. The van der Waals surface area contributed by atoms with Gasteiger partial charge in [0.05, 0.1) is 21.3 Å². The SMILES string of the molecule is CCCCCCn1cc(C(=O)C(=O)Nc2c(Cl)cncc2Cl)c2cccnc21. The summed E-state index contributed by atoms with van der Waals surface area (Å²) in [6, 6.07) is 3.53. The maximum absolute atomic E-state index is 12.8. The van der Waals surface area contributed by atoms with Gasteiger partial charge in [-0.15, -0.1) is 0 Å². The number of halogens is 2. The second-order valence-corrected chi connectivity index (χ2v) is 7.25. The van der Waals surface area contributed by atoms with Crippen LogP contribution in [0, 0.1) is 0 Å². The summed E-state index contributed by atoms with van der Waals surface area (Å²) in [6.07, 6.45) is 10.5. The lowest BCUT2D eigenvalue weighted by Crippen LogP contribution is -2.23. The number of anilines is 1. The van der Waals surface area contributed by atoms with Crippen molar-refractivity contribution < 1.29 is 9.59 Å². The summed E-state index contributed by atoms with van der Waals surface area (Å²) in [7, 11) is 0. The first-order chi connectivity index (χ1) is 13.5. The summed E-state index contributed by atoms with van der Waals surface area (Å²) in [4.78, 5) is 33.6. The number of nitrogens with zero attached hydrogens (tertiary/aromatic N) is 3. The molecule has 28 heavy (non-hydrogen) atoms. The van der Waals surface area contributed by atoms with Crippen LogP contribution in [0.2, 0.25) is 10.0 Å². The number of pyridine rings is 2. The topological polar surface area (TPSA) is 76.9 Å². The van der Waals surface area contributed by atoms with Gasteiger partial charge < -0.3 is 9.88 Å². The van der Waals surface area contributed by atoms with Gasteiger partial charge in [0, 0.05) is 36.7 Å². The van der Waals surface area contributed by atoms with Gasteiger partial charge in [-0.25, -0.2) is 4.98 Å². The first-order valence-electron chi connectivity index (χ1n) is 9.11. The Morgan fingerprint density at radius 1 is 1.14 bits per heavy atom. The summed E-state index contributed by atoms with van der Waals surface area (Å²) in [5.41, 5.74) is 1.16. The molecule has 3 aromatic rings. The molecule has 3 rings (SSSR count). The molecular weight excluding hydrogens is 399 g/mol. The largest absolute Gasteiger partial charge is 0.332 e. The normalized spacial score (nSPS) is 11.0. The molecule has 0 unspecified atom stereocenters. The Labute approximate surface area is 172 Å². The Bertz CT molecular complexity index is 996. The summed E-state index contributed by atoms with van der Waals surface area (Å²) in [5.74, 6) is -1.49. The van der Waals surface area contributed by atoms with E-state index < -0.39 is 11.7 Å². The van der Waals surface area contributed by atoms with Crippen molar-refractivity contribution in [1.82, 2.24) is 14.5 Å². The molecule has 8 heteroatoms. The molecule has 0 aliphatic rings. The number of carbonyl (C=O) groups is 2. The maximum atomic E-state index is 12.8. The molecule has 1 N–H and O–H groups in total. The zero-order valence-electron chi connectivity index (χ0n) is 15.4. The van der Waals surface area contributed by atoms with E-state index in [4.69, 9.17) is 23.2 Å². The Hall–Kier alpha value is -2.44. The Balaban J connectivity index is 1.86. The molecule has 0 aliphatic heterocycles. The average molecular weight is 419 g/mol. The molecule has 0 radical (unpaired) electrons. The number of amides is 1. The van der Waals surface area contributed by atoms with Crippen LogP contribution >= 0.6 is 23.2 Å². The number of Topliss-reactive ketones (excluding diaryl/α,β-unsaturated/α-hetero) is 1. The van der Waals surface area contributed by atoms with Crippen molar-refractivity contribution in [3.63, 3.8) is 0 Å². The van der Waals surface area contributed by atoms with Crippen molar-refractivity contribution in [3.05, 3.63) is 52.5 Å². The molecule has 3 aromatic heterocycles. The number of aromatic nitrogens is 3. The number of ketones is 1. The van der Waals surface area contributed by atoms with Crippen LogP contribution in [0.25, 0.3) is 11.0 Å². The van der Waals surface area contributed by atoms with Crippen molar-refractivity contribution in [2.75, 3.05) is 5.32 Å². The van der Waals surface area contributed by atoms with Crippen molar-refractivity contribution in [1.29, 1.82) is 0 Å². The predicted molar refractivity (Wildman–Crippen MR) is 111 cm³/mol. The monoisotopic (exact) mass is 418 g/mol. The fraction of sp³-hybridized carbons (Fsp3) is 0.300. The van der Waals surface area contributed by atoms with Crippen LogP contribution in [0.3, 0.4) is 0 Å². The number of fused-ring (bicyclic) bond motifs is 1. The lowest BCUT2D eigenvalue weighted by molar-refractivity contribution is -0.112. The number of hydrogen-bond acceptors (Lipinski definition) is 4. The van der Waals surface area contributed by atoms with Crippen LogP contribution in [-0.2, 0) is 11.3 Å². The van der Waals surface area contributed by atoms with Crippen LogP contribution in [-0.4, -0.2) is 26.2 Å². The van der Waals surface area contributed by atoms with E-state index in [1.54, 1.807) is 24.5 Å². The van der Waals surface area contributed by atoms with Gasteiger partial charge in [0.25, 0.3) is 11.7 Å². The number of aryl methyl sites for hydroxylation is 1. The van der Waals surface area contributed by atoms with Crippen LogP contribution in [0.1, 0.15) is 43.0 Å². The minimum absolute atomic E-state index is 0.161. The summed E-state index contributed by atoms with van der Waals surface area (Å²) < 4.78 is 1.93. The second kappa shape index (κ2) is 9.17. The zero-order chi connectivity index (χ0) is 20.1. The highest BCUT2D eigenvalue weighted by Crippen LogP contribution is 2.29. The van der Waals surface area contributed by atoms with Crippen LogP contribution < -0.4 is 5.32 Å². The Morgan fingerprint density at radius 3 is 2.61 bits per heavy atom. The fourth-order valence-corrected chi connectivity index (χ4v) is 3.47. The minimum atomic E-state index is -0.816. The first kappa shape index (κ1) is 20.3. The van der Waals surface area contributed by atoms with Gasteiger partial charge in [-0.2, -0.15) is 0 Å². The molecule has 0 bridgehead atoms. The fourth-order valence-electron chi connectivity index (χ4n) is 3.01. The van der Waals surface area contributed by atoms with Gasteiger partial charge in [-0.1, -0.05) is 49.4 Å². The van der Waals surface area contributed by atoms with Gasteiger partial charge >= 0.3 is 0 Å². The number of carbonyl (C=O) groups excluding carboxylic acids is 2. The van der Waals surface area contributed by atoms with E-state index in [0.29, 0.717) is 16.6 Å². The first-order valence-corrected chi connectivity index (χ1v) is 9.87. The number of hydrogen-bond donors (Lipinski definition) is 1. The van der Waals surface area contributed by atoms with Gasteiger partial charge in [0.1, 0.15) is 5.65 Å². The quantitative estimate of drug-likeness (QED) is 0.312. The number of nitrogens with one attached hydrogen (secondary N) is 1. The second-order valence-electron chi connectivity index (χ2n) is 6.43. The lowest BCUT2D eigenvalue weighted by atomic mass is 10.1. The van der Waals surface area contributed by atoms with E-state index in [-0.39, 0.29) is 15.7 Å². The molecule has 0 saturated heterocycles. The third kappa shape index (κ3) is 4.34. The van der Waals surface area contributed by atoms with Crippen molar-refractivity contribution >= 4 is 51.6 Å². The minimum Gasteiger partial charge on any atom is -0.332 e. The lowest BCUT2D eigenvalue weighted by Gasteiger charge is -2.07. The molecule has 0 fully saturated rings. The molecule has 6 nitrogen and oxygen atoms in total. The van der Waals surface area contributed by atoms with Crippen LogP contribution in [0.5, 0.6) is 0 Å². The van der Waals surface area contributed by atoms with Crippen LogP contribution in [0.15, 0.2) is 36.9 Å². The molecule has 3 heterocycles. The van der Waals surface area contributed by atoms with E-state index in [1.165, 1.54) is 12.4 Å². The molecule has 0 atom stereocenters. The molecule has 146 valence electrons. The van der Waals surface area contributed by atoms with Gasteiger partial charge in [0.15, 0.2) is 0 Å². The molecule has 0 aromatic carbocycles. The van der Waals surface area contributed by atoms with E-state index in [1.807, 2.05) is 4.57 Å². The van der Waals surface area contributed by atoms with E-state index in [0.717, 1.165) is 32.2 Å². The smallest absolute Gasteiger partial charge is 0.296 e. The van der Waals surface area contributed by atoms with Gasteiger partial charge in [-0.3, -0.25) is 14.6 Å². The van der Waals surface area contributed by atoms with Crippen molar-refractivity contribution in [2.24, 2.45) is 0 Å². The highest BCUT2D eigenvalue weighted by Gasteiger charge is 2.23. The molecule has 0 spiro atoms. The van der Waals surface area contributed by atoms with E-state index >= 15 is 0 Å². The summed E-state index contributed by atoms with van der Waals surface area (Å²) >= 11 is 12.0. The average Bonchev–Trinajstić information content (AvgIpc) is 3.06. The molecule has 0 saturated carbocycles. The van der Waals surface area contributed by atoms with Crippen molar-refractivity contribution in [2.45, 2.75) is 39.2 Å². The number of unbranched alkanes of at least 4 members (excludes halogenated alkanes) is 3. The Kier molecular flexibility index (Phi) is 6.65. The van der Waals surface area contributed by atoms with Gasteiger partial charge in [-0.05, 0) is 18.6 Å². The predicted octanol–water partition coefficient (Wildman–Crippen LogP) is 5.14. The highest BCUT2D eigenvalue weighted by molar-refractivity contribution is 6.50. The third-order valence-electron chi connectivity index (χ3n) is 4.43. The van der Waals surface area contributed by atoms with E-state index in [2.05, 4.69) is 22.2 Å². The molecule has 0 aliphatic carbocycles. The third-order valence-corrected chi connectivity index (χ3v) is 5.00.